The van der Waals surface area contributed by atoms with Gasteiger partial charge in [0.15, 0.2) is 11.4 Å². The van der Waals surface area contributed by atoms with Gasteiger partial charge in [-0.15, -0.1) is 0 Å². The van der Waals surface area contributed by atoms with Crippen LogP contribution in [0.1, 0.15) is 33.1 Å². The van der Waals surface area contributed by atoms with Crippen molar-refractivity contribution in [2.24, 2.45) is 0 Å². The first-order valence-electron chi connectivity index (χ1n) is 9.70. The van der Waals surface area contributed by atoms with E-state index in [9.17, 15) is 4.79 Å². The number of nitrogens with one attached hydrogen (secondary N) is 1. The maximum atomic E-state index is 12.5. The minimum atomic E-state index is -0.239. The molecule has 0 radical (unpaired) electrons. The molecular weight excluding hydrogens is 366 g/mol. The van der Waals surface area contributed by atoms with Crippen molar-refractivity contribution in [1.29, 1.82) is 0 Å². The van der Waals surface area contributed by atoms with Gasteiger partial charge in [0.1, 0.15) is 12.1 Å². The molecule has 1 aromatic carbocycles. The number of benzene rings is 1. The molecule has 7 nitrogen and oxygen atoms in total. The van der Waals surface area contributed by atoms with Crippen LogP contribution in [0.25, 0.3) is 5.65 Å². The van der Waals surface area contributed by atoms with Crippen molar-refractivity contribution in [1.82, 2.24) is 24.8 Å². The van der Waals surface area contributed by atoms with Crippen LogP contribution in [-0.2, 0) is 26.1 Å². The quantitative estimate of drug-likeness (QED) is 0.570. The first-order chi connectivity index (χ1) is 14.3. The third-order valence-corrected chi connectivity index (χ3v) is 5.28. The Morgan fingerprint density at radius 1 is 1.07 bits per heavy atom. The second-order valence-corrected chi connectivity index (χ2v) is 7.23. The van der Waals surface area contributed by atoms with Gasteiger partial charge in [-0.25, -0.2) is 9.50 Å². The summed E-state index contributed by atoms with van der Waals surface area (Å²) in [7, 11) is 0. The number of carbonyl (C=O) groups excluding carboxylic acids is 1. The summed E-state index contributed by atoms with van der Waals surface area (Å²) in [6.07, 6.45) is 2.54. The highest BCUT2D eigenvalue weighted by Crippen LogP contribution is 2.21. The molecule has 29 heavy (non-hydrogen) atoms. The van der Waals surface area contributed by atoms with Crippen molar-refractivity contribution in [3.05, 3.63) is 89.3 Å². The summed E-state index contributed by atoms with van der Waals surface area (Å²) in [5.74, 6) is 0.883. The summed E-state index contributed by atoms with van der Waals surface area (Å²) in [6.45, 7) is 2.93. The van der Waals surface area contributed by atoms with E-state index in [2.05, 4.69) is 44.6 Å². The third kappa shape index (κ3) is 3.64. The fourth-order valence-corrected chi connectivity index (χ4v) is 3.79. The Kier molecular flexibility index (Phi) is 4.57. The van der Waals surface area contributed by atoms with Gasteiger partial charge in [-0.1, -0.05) is 30.3 Å². The summed E-state index contributed by atoms with van der Waals surface area (Å²) >= 11 is 0. The lowest BCUT2D eigenvalue weighted by Crippen LogP contribution is -2.29. The summed E-state index contributed by atoms with van der Waals surface area (Å²) < 4.78 is 7.52. The lowest BCUT2D eigenvalue weighted by molar-refractivity contribution is 0.0918. The number of carbonyl (C=O) groups is 1. The number of amides is 1. The standard InChI is InChI=1S/C22H21N5O2/c28-22(23-12-18-6-3-7-21-24-15-25-27(18)21)20-9-8-19(29-20)14-26-11-10-16-4-1-2-5-17(16)13-26/h1-9,15H,10-14H2,(H,23,28). The fourth-order valence-electron chi connectivity index (χ4n) is 3.79. The second-order valence-electron chi connectivity index (χ2n) is 7.23. The fraction of sp³-hybridized carbons (Fsp3) is 0.227. The number of fused-ring (bicyclic) bond motifs is 2. The van der Waals surface area contributed by atoms with Crippen LogP contribution in [0.15, 0.2) is 65.3 Å². The summed E-state index contributed by atoms with van der Waals surface area (Å²) in [5, 5.41) is 7.07. The Labute approximate surface area is 168 Å². The van der Waals surface area contributed by atoms with Crippen LogP contribution in [0, 0.1) is 0 Å². The summed E-state index contributed by atoms with van der Waals surface area (Å²) in [4.78, 5) is 19.0. The SMILES string of the molecule is O=C(NCc1cccc2ncnn12)c1ccc(CN2CCc3ccccc3C2)o1. The minimum absolute atomic E-state index is 0.239. The highest BCUT2D eigenvalue weighted by molar-refractivity contribution is 5.91. The maximum absolute atomic E-state index is 12.5. The first-order valence-corrected chi connectivity index (χ1v) is 9.70. The average molecular weight is 387 g/mol. The monoisotopic (exact) mass is 387 g/mol. The predicted molar refractivity (Wildman–Crippen MR) is 107 cm³/mol. The third-order valence-electron chi connectivity index (χ3n) is 5.28. The van der Waals surface area contributed by atoms with Gasteiger partial charge in [-0.05, 0) is 41.8 Å². The average Bonchev–Trinajstić information content (AvgIpc) is 3.41. The van der Waals surface area contributed by atoms with Crippen LogP contribution in [0.2, 0.25) is 0 Å². The van der Waals surface area contributed by atoms with E-state index in [1.165, 1.54) is 17.5 Å². The number of pyridine rings is 1. The molecule has 3 aromatic heterocycles. The lowest BCUT2D eigenvalue weighted by atomic mass is 10.00. The van der Waals surface area contributed by atoms with Crippen LogP contribution in [0.4, 0.5) is 0 Å². The summed E-state index contributed by atoms with van der Waals surface area (Å²) in [5.41, 5.74) is 4.39. The molecule has 0 atom stereocenters. The molecule has 5 rings (SSSR count). The number of nitrogens with zero attached hydrogens (tertiary/aromatic N) is 4. The highest BCUT2D eigenvalue weighted by Gasteiger charge is 2.18. The van der Waals surface area contributed by atoms with E-state index < -0.39 is 0 Å². The number of hydrogen-bond acceptors (Lipinski definition) is 5. The predicted octanol–water partition coefficient (Wildman–Crippen LogP) is 2.81. The van der Waals surface area contributed by atoms with Crippen molar-refractivity contribution in [2.45, 2.75) is 26.1 Å². The van der Waals surface area contributed by atoms with E-state index >= 15 is 0 Å². The van der Waals surface area contributed by atoms with Gasteiger partial charge in [-0.3, -0.25) is 9.69 Å². The van der Waals surface area contributed by atoms with Crippen molar-refractivity contribution < 1.29 is 9.21 Å². The van der Waals surface area contributed by atoms with Crippen molar-refractivity contribution in [2.75, 3.05) is 6.54 Å². The molecule has 0 bridgehead atoms. The highest BCUT2D eigenvalue weighted by atomic mass is 16.4. The Hall–Kier alpha value is -3.45. The van der Waals surface area contributed by atoms with Crippen molar-refractivity contribution >= 4 is 11.6 Å². The van der Waals surface area contributed by atoms with E-state index in [0.717, 1.165) is 36.6 Å². The molecular formula is C22H21N5O2. The second kappa shape index (κ2) is 7.52. The van der Waals surface area contributed by atoms with E-state index in [4.69, 9.17) is 4.42 Å². The number of rotatable bonds is 5. The number of hydrogen-bond donors (Lipinski definition) is 1. The van der Waals surface area contributed by atoms with Crippen LogP contribution < -0.4 is 5.32 Å². The molecule has 146 valence electrons. The van der Waals surface area contributed by atoms with Crippen LogP contribution >= 0.6 is 0 Å². The van der Waals surface area contributed by atoms with E-state index in [1.807, 2.05) is 24.3 Å². The summed E-state index contributed by atoms with van der Waals surface area (Å²) in [6, 6.07) is 17.8. The van der Waals surface area contributed by atoms with Gasteiger partial charge in [0.2, 0.25) is 0 Å². The molecule has 4 aromatic rings. The lowest BCUT2D eigenvalue weighted by Gasteiger charge is -2.27. The zero-order chi connectivity index (χ0) is 19.6. The smallest absolute Gasteiger partial charge is 0.287 e. The van der Waals surface area contributed by atoms with Crippen molar-refractivity contribution in [3.8, 4) is 0 Å². The Bertz CT molecular complexity index is 1160. The molecule has 0 fully saturated rings. The van der Waals surface area contributed by atoms with Gasteiger partial charge in [0, 0.05) is 13.1 Å². The molecule has 1 aliphatic heterocycles. The first kappa shape index (κ1) is 17.6. The maximum Gasteiger partial charge on any atom is 0.287 e. The zero-order valence-electron chi connectivity index (χ0n) is 15.9. The van der Waals surface area contributed by atoms with Crippen LogP contribution in [-0.4, -0.2) is 31.9 Å². The molecule has 4 heterocycles. The molecule has 0 spiro atoms. The molecule has 1 N–H and O–H groups in total. The van der Waals surface area contributed by atoms with Crippen molar-refractivity contribution in [3.63, 3.8) is 0 Å². The van der Waals surface area contributed by atoms with Gasteiger partial charge < -0.3 is 9.73 Å². The van der Waals surface area contributed by atoms with E-state index in [0.29, 0.717) is 18.8 Å². The van der Waals surface area contributed by atoms with E-state index in [1.54, 1.807) is 10.6 Å². The zero-order valence-corrected chi connectivity index (χ0v) is 15.9. The Morgan fingerprint density at radius 2 is 1.97 bits per heavy atom. The Balaban J connectivity index is 1.21. The largest absolute Gasteiger partial charge is 0.455 e. The van der Waals surface area contributed by atoms with Crippen LogP contribution in [0.5, 0.6) is 0 Å². The minimum Gasteiger partial charge on any atom is -0.455 e. The molecule has 0 aliphatic carbocycles. The molecule has 1 amide bonds. The van der Waals surface area contributed by atoms with Gasteiger partial charge in [-0.2, -0.15) is 5.10 Å². The van der Waals surface area contributed by atoms with Gasteiger partial charge in [0.05, 0.1) is 18.8 Å². The molecule has 0 unspecified atom stereocenters. The van der Waals surface area contributed by atoms with E-state index in [-0.39, 0.29) is 5.91 Å². The molecule has 1 aliphatic rings. The normalized spacial score (nSPS) is 14.1. The molecule has 0 saturated heterocycles. The van der Waals surface area contributed by atoms with Gasteiger partial charge in [0.25, 0.3) is 5.91 Å². The van der Waals surface area contributed by atoms with Crippen LogP contribution in [0.3, 0.4) is 0 Å². The molecule has 0 saturated carbocycles. The topological polar surface area (TPSA) is 75.7 Å². The Morgan fingerprint density at radius 3 is 2.90 bits per heavy atom. The molecule has 7 heteroatoms. The number of aromatic nitrogens is 3. The van der Waals surface area contributed by atoms with Gasteiger partial charge >= 0.3 is 0 Å². The number of furan rings is 1.